The van der Waals surface area contributed by atoms with E-state index in [2.05, 4.69) is 16.6 Å². The van der Waals surface area contributed by atoms with Gasteiger partial charge in [-0.05, 0) is 10.9 Å². The van der Waals surface area contributed by atoms with E-state index in [1.165, 1.54) is 0 Å². The van der Waals surface area contributed by atoms with Crippen molar-refractivity contribution in [2.24, 2.45) is 10.5 Å². The Morgan fingerprint density at radius 2 is 2.17 bits per heavy atom. The third kappa shape index (κ3) is 4.01. The van der Waals surface area contributed by atoms with Crippen molar-refractivity contribution in [2.45, 2.75) is 33.3 Å². The number of hydrogen-bond donors (Lipinski definition) is 1. The molecule has 0 aliphatic rings. The zero-order valence-corrected chi connectivity index (χ0v) is 7.78. The summed E-state index contributed by atoms with van der Waals surface area (Å²) in [6.07, 6.45) is -0.191. The van der Waals surface area contributed by atoms with E-state index in [4.69, 9.17) is 5.53 Å². The van der Waals surface area contributed by atoms with Crippen LogP contribution in [0.4, 0.5) is 0 Å². The lowest BCUT2D eigenvalue weighted by Crippen LogP contribution is -2.25. The Bertz CT molecular complexity index is 211. The molecule has 0 rings (SSSR count). The zero-order valence-electron chi connectivity index (χ0n) is 7.78. The van der Waals surface area contributed by atoms with Gasteiger partial charge in [0.2, 0.25) is 0 Å². The van der Waals surface area contributed by atoms with Crippen LogP contribution < -0.4 is 0 Å². The molecule has 0 amide bonds. The fourth-order valence-corrected chi connectivity index (χ4v) is 0.633. The Hall–Kier alpha value is -0.990. The fourth-order valence-electron chi connectivity index (χ4n) is 0.633. The smallest absolute Gasteiger partial charge is 0.0627 e. The van der Waals surface area contributed by atoms with E-state index < -0.39 is 6.10 Å². The molecule has 0 aromatic carbocycles. The van der Waals surface area contributed by atoms with Crippen molar-refractivity contribution < 1.29 is 5.11 Å². The van der Waals surface area contributed by atoms with Crippen LogP contribution in [0.3, 0.4) is 0 Å². The molecule has 0 aromatic heterocycles. The van der Waals surface area contributed by atoms with Gasteiger partial charge in [-0.25, -0.2) is 0 Å². The molecule has 1 atom stereocenters. The van der Waals surface area contributed by atoms with Crippen LogP contribution in [0.2, 0.25) is 0 Å². The Labute approximate surface area is 72.5 Å². The molecule has 0 aromatic rings. The molecule has 4 nitrogen and oxygen atoms in total. The summed E-state index contributed by atoms with van der Waals surface area (Å²) in [5.41, 5.74) is 8.24. The third-order valence-corrected chi connectivity index (χ3v) is 1.61. The lowest BCUT2D eigenvalue weighted by Gasteiger charge is -2.25. The van der Waals surface area contributed by atoms with Gasteiger partial charge in [0.05, 0.1) is 6.10 Å². The number of rotatable bonds is 3. The van der Waals surface area contributed by atoms with Crippen LogP contribution in [-0.4, -0.2) is 11.2 Å². The lowest BCUT2D eigenvalue weighted by atomic mass is 9.87. The van der Waals surface area contributed by atoms with Crippen LogP contribution in [0.15, 0.2) is 17.4 Å². The Balaban J connectivity index is 4.10. The molecule has 1 N–H and O–H groups in total. The van der Waals surface area contributed by atoms with E-state index in [1.807, 2.05) is 20.8 Å². The summed E-state index contributed by atoms with van der Waals surface area (Å²) >= 11 is 0. The molecule has 0 bridgehead atoms. The molecule has 1 unspecified atom stereocenters. The first-order valence-electron chi connectivity index (χ1n) is 3.79. The van der Waals surface area contributed by atoms with E-state index in [9.17, 15) is 5.11 Å². The van der Waals surface area contributed by atoms with E-state index in [-0.39, 0.29) is 5.41 Å². The molecule has 12 heavy (non-hydrogen) atoms. The van der Waals surface area contributed by atoms with E-state index in [1.54, 1.807) is 0 Å². The van der Waals surface area contributed by atoms with Crippen LogP contribution >= 0.6 is 0 Å². The van der Waals surface area contributed by atoms with Crippen LogP contribution in [-0.2, 0) is 0 Å². The molecule has 0 radical (unpaired) electrons. The summed E-state index contributed by atoms with van der Waals surface area (Å²) < 4.78 is 0. The van der Waals surface area contributed by atoms with Crippen molar-refractivity contribution in [2.75, 3.05) is 0 Å². The van der Waals surface area contributed by atoms with Gasteiger partial charge in [-0.15, -0.1) is 0 Å². The van der Waals surface area contributed by atoms with Gasteiger partial charge < -0.3 is 5.11 Å². The van der Waals surface area contributed by atoms with Gasteiger partial charge in [0.15, 0.2) is 0 Å². The summed E-state index contributed by atoms with van der Waals surface area (Å²) in [6, 6.07) is 0. The normalized spacial score (nSPS) is 13.3. The SMILES string of the molecule is C=C(CC(O)C(C)(C)C)N=[N+]=[N-]. The second-order valence-electron chi connectivity index (χ2n) is 3.84. The predicted molar refractivity (Wildman–Crippen MR) is 48.4 cm³/mol. The van der Waals surface area contributed by atoms with Gasteiger partial charge in [0.25, 0.3) is 0 Å². The number of aliphatic hydroxyl groups excluding tert-OH is 1. The predicted octanol–water partition coefficient (Wildman–Crippen LogP) is 2.61. The highest BCUT2D eigenvalue weighted by Gasteiger charge is 2.21. The lowest BCUT2D eigenvalue weighted by molar-refractivity contribution is 0.0634. The maximum absolute atomic E-state index is 9.54. The van der Waals surface area contributed by atoms with E-state index >= 15 is 0 Å². The first kappa shape index (κ1) is 11.0. The maximum Gasteiger partial charge on any atom is 0.0627 e. The number of aliphatic hydroxyl groups is 1. The molecule has 68 valence electrons. The monoisotopic (exact) mass is 169 g/mol. The fraction of sp³-hybridized carbons (Fsp3) is 0.750. The summed E-state index contributed by atoms with van der Waals surface area (Å²) in [7, 11) is 0. The van der Waals surface area contributed by atoms with Gasteiger partial charge >= 0.3 is 0 Å². The number of azide groups is 1. The summed E-state index contributed by atoms with van der Waals surface area (Å²) in [4.78, 5) is 2.59. The van der Waals surface area contributed by atoms with Gasteiger partial charge in [0.1, 0.15) is 0 Å². The number of nitrogens with zero attached hydrogens (tertiary/aromatic N) is 3. The quantitative estimate of drug-likeness (QED) is 0.393. The average molecular weight is 169 g/mol. The van der Waals surface area contributed by atoms with Gasteiger partial charge in [0, 0.05) is 17.0 Å². The minimum atomic E-state index is -0.518. The van der Waals surface area contributed by atoms with Gasteiger partial charge in [-0.2, -0.15) is 0 Å². The van der Waals surface area contributed by atoms with Crippen molar-refractivity contribution in [3.63, 3.8) is 0 Å². The average Bonchev–Trinajstić information content (AvgIpc) is 1.85. The first-order valence-corrected chi connectivity index (χ1v) is 3.79. The van der Waals surface area contributed by atoms with Crippen LogP contribution in [0.1, 0.15) is 27.2 Å². The van der Waals surface area contributed by atoms with E-state index in [0.29, 0.717) is 12.1 Å². The van der Waals surface area contributed by atoms with Gasteiger partial charge in [-0.1, -0.05) is 32.5 Å². The maximum atomic E-state index is 9.54. The largest absolute Gasteiger partial charge is 0.392 e. The minimum Gasteiger partial charge on any atom is -0.392 e. The van der Waals surface area contributed by atoms with Gasteiger partial charge in [-0.3, -0.25) is 0 Å². The molecule has 4 heteroatoms. The van der Waals surface area contributed by atoms with Crippen molar-refractivity contribution in [1.82, 2.24) is 0 Å². The molecular formula is C8H15N3O. The molecule has 0 aliphatic heterocycles. The highest BCUT2D eigenvalue weighted by atomic mass is 16.3. The van der Waals surface area contributed by atoms with Crippen molar-refractivity contribution in [3.05, 3.63) is 22.7 Å². The van der Waals surface area contributed by atoms with Crippen LogP contribution in [0, 0.1) is 5.41 Å². The Morgan fingerprint density at radius 1 is 1.67 bits per heavy atom. The first-order chi connectivity index (χ1) is 5.38. The van der Waals surface area contributed by atoms with E-state index in [0.717, 1.165) is 0 Å². The number of hydrogen-bond acceptors (Lipinski definition) is 2. The highest BCUT2D eigenvalue weighted by molar-refractivity contribution is 4.95. The molecule has 0 spiro atoms. The molecule has 0 fully saturated rings. The summed E-state index contributed by atoms with van der Waals surface area (Å²) in [5, 5.41) is 12.8. The third-order valence-electron chi connectivity index (χ3n) is 1.61. The van der Waals surface area contributed by atoms with Crippen molar-refractivity contribution >= 4 is 0 Å². The second kappa shape index (κ2) is 4.14. The summed E-state index contributed by atoms with van der Waals surface area (Å²) in [5.74, 6) is 0. The summed E-state index contributed by atoms with van der Waals surface area (Å²) in [6.45, 7) is 9.27. The van der Waals surface area contributed by atoms with Crippen LogP contribution in [0.25, 0.3) is 10.4 Å². The Morgan fingerprint density at radius 3 is 2.50 bits per heavy atom. The minimum absolute atomic E-state index is 0.200. The molecule has 0 saturated heterocycles. The Kier molecular flexibility index (Phi) is 3.80. The van der Waals surface area contributed by atoms with Crippen molar-refractivity contribution in [3.8, 4) is 0 Å². The standard InChI is InChI=1S/C8H15N3O/c1-6(10-11-9)5-7(12)8(2,3)4/h7,12H,1,5H2,2-4H3. The van der Waals surface area contributed by atoms with Crippen LogP contribution in [0.5, 0.6) is 0 Å². The molecule has 0 heterocycles. The molecule has 0 saturated carbocycles. The highest BCUT2D eigenvalue weighted by Crippen LogP contribution is 2.24. The van der Waals surface area contributed by atoms with Crippen molar-refractivity contribution in [1.29, 1.82) is 0 Å². The topological polar surface area (TPSA) is 69.0 Å². The zero-order chi connectivity index (χ0) is 9.78. The second-order valence-corrected chi connectivity index (χ2v) is 3.84. The molecular weight excluding hydrogens is 154 g/mol. The molecule has 0 aliphatic carbocycles.